The number of nitrogens with zero attached hydrogens (tertiary/aromatic N) is 4. The molecule has 0 bridgehead atoms. The maximum Gasteiger partial charge on any atom is 0.573 e. The topological polar surface area (TPSA) is 88.8 Å². The van der Waals surface area contributed by atoms with Crippen LogP contribution >= 0.6 is 0 Å². The van der Waals surface area contributed by atoms with E-state index >= 15 is 0 Å². The number of rotatable bonds is 6. The molecule has 5 rings (SSSR count). The first-order valence-corrected chi connectivity index (χ1v) is 13.3. The number of piperidine rings is 1. The Bertz CT molecular complexity index is 1090. The zero-order valence-corrected chi connectivity index (χ0v) is 19.4. The molecule has 2 saturated heterocycles. The van der Waals surface area contributed by atoms with E-state index in [4.69, 9.17) is 4.52 Å². The van der Waals surface area contributed by atoms with Crippen molar-refractivity contribution in [3.8, 4) is 5.75 Å². The average Bonchev–Trinajstić information content (AvgIpc) is 3.51. The van der Waals surface area contributed by atoms with Gasteiger partial charge in [0.1, 0.15) is 5.75 Å². The van der Waals surface area contributed by atoms with Gasteiger partial charge in [0, 0.05) is 32.1 Å². The van der Waals surface area contributed by atoms with E-state index in [9.17, 15) is 21.6 Å². The van der Waals surface area contributed by atoms with Crippen LogP contribution < -0.4 is 4.74 Å². The van der Waals surface area contributed by atoms with Crippen molar-refractivity contribution in [1.82, 2.24) is 19.9 Å². The standard InChI is InChI=1S/C22H27F3N4O4S/c23-22(24,25)32-19-5-3-15(4-6-19)17-11-18(21-26-20(27-33-21)16-1-2-16)13-29(12-17)14-28-7-9-34(30,31)10-8-28/h3-6,16-18H,1-2,7-14H2. The van der Waals surface area contributed by atoms with Gasteiger partial charge >= 0.3 is 6.36 Å². The van der Waals surface area contributed by atoms with Crippen LogP contribution in [0.25, 0.3) is 0 Å². The molecule has 2 unspecified atom stereocenters. The third kappa shape index (κ3) is 5.89. The summed E-state index contributed by atoms with van der Waals surface area (Å²) in [4.78, 5) is 9.01. The van der Waals surface area contributed by atoms with E-state index in [1.54, 1.807) is 12.1 Å². The quantitative estimate of drug-likeness (QED) is 0.598. The van der Waals surface area contributed by atoms with Crippen molar-refractivity contribution in [2.75, 3.05) is 44.4 Å². The lowest BCUT2D eigenvalue weighted by atomic mass is 9.84. The summed E-state index contributed by atoms with van der Waals surface area (Å²) in [6.45, 7) is 2.99. The van der Waals surface area contributed by atoms with Gasteiger partial charge in [-0.1, -0.05) is 17.3 Å². The molecule has 8 nitrogen and oxygen atoms in total. The number of hydrogen-bond acceptors (Lipinski definition) is 8. The van der Waals surface area contributed by atoms with E-state index in [0.717, 1.165) is 30.7 Å². The third-order valence-corrected chi connectivity index (χ3v) is 8.31. The van der Waals surface area contributed by atoms with E-state index in [2.05, 4.69) is 24.7 Å². The normalized spacial score (nSPS) is 26.4. The largest absolute Gasteiger partial charge is 0.573 e. The number of sulfone groups is 1. The fourth-order valence-corrected chi connectivity index (χ4v) is 6.04. The molecular formula is C22H27F3N4O4S. The summed E-state index contributed by atoms with van der Waals surface area (Å²) < 4.78 is 70.8. The fourth-order valence-electron chi connectivity index (χ4n) is 4.76. The van der Waals surface area contributed by atoms with Gasteiger partial charge in [0.25, 0.3) is 0 Å². The van der Waals surface area contributed by atoms with Gasteiger partial charge in [0.2, 0.25) is 5.89 Å². The molecule has 2 atom stereocenters. The molecule has 2 aromatic rings. The first-order chi connectivity index (χ1) is 16.1. The fraction of sp³-hybridized carbons (Fsp3) is 0.636. The molecule has 1 saturated carbocycles. The highest BCUT2D eigenvalue weighted by atomic mass is 32.2. The smallest absolute Gasteiger partial charge is 0.406 e. The Morgan fingerprint density at radius 3 is 2.32 bits per heavy atom. The summed E-state index contributed by atoms with van der Waals surface area (Å²) in [6.07, 6.45) is -1.85. The highest BCUT2D eigenvalue weighted by Gasteiger charge is 2.36. The van der Waals surface area contributed by atoms with Crippen LogP contribution in [-0.4, -0.2) is 79.1 Å². The van der Waals surface area contributed by atoms with Gasteiger partial charge in [-0.15, -0.1) is 13.2 Å². The molecule has 186 valence electrons. The highest BCUT2D eigenvalue weighted by molar-refractivity contribution is 7.91. The van der Waals surface area contributed by atoms with Crippen molar-refractivity contribution in [1.29, 1.82) is 0 Å². The van der Waals surface area contributed by atoms with Crippen LogP contribution in [0.5, 0.6) is 5.75 Å². The molecule has 0 amide bonds. The van der Waals surface area contributed by atoms with Gasteiger partial charge in [0.15, 0.2) is 15.7 Å². The van der Waals surface area contributed by atoms with Crippen molar-refractivity contribution in [3.63, 3.8) is 0 Å². The Labute approximate surface area is 196 Å². The van der Waals surface area contributed by atoms with Gasteiger partial charge in [-0.05, 0) is 42.9 Å². The predicted octanol–water partition coefficient (Wildman–Crippen LogP) is 3.11. The zero-order chi connectivity index (χ0) is 23.9. The zero-order valence-electron chi connectivity index (χ0n) is 18.6. The number of ether oxygens (including phenoxy) is 1. The molecule has 3 fully saturated rings. The van der Waals surface area contributed by atoms with Gasteiger partial charge < -0.3 is 9.26 Å². The minimum atomic E-state index is -4.73. The molecule has 0 spiro atoms. The maximum absolute atomic E-state index is 12.5. The second-order valence-corrected chi connectivity index (χ2v) is 11.8. The van der Waals surface area contributed by atoms with Crippen molar-refractivity contribution in [3.05, 3.63) is 41.5 Å². The second-order valence-electron chi connectivity index (χ2n) is 9.46. The third-order valence-electron chi connectivity index (χ3n) is 6.70. The van der Waals surface area contributed by atoms with Gasteiger partial charge in [-0.3, -0.25) is 9.80 Å². The lowest BCUT2D eigenvalue weighted by Crippen LogP contribution is -2.49. The molecule has 12 heteroatoms. The number of aromatic nitrogens is 2. The Balaban J connectivity index is 1.32. The van der Waals surface area contributed by atoms with Crippen LogP contribution in [0, 0.1) is 0 Å². The van der Waals surface area contributed by atoms with Crippen LogP contribution in [0.1, 0.15) is 54.3 Å². The van der Waals surface area contributed by atoms with Gasteiger partial charge in [-0.2, -0.15) is 4.98 Å². The Morgan fingerprint density at radius 2 is 1.68 bits per heavy atom. The Morgan fingerprint density at radius 1 is 1.00 bits per heavy atom. The summed E-state index contributed by atoms with van der Waals surface area (Å²) >= 11 is 0. The first-order valence-electron chi connectivity index (χ1n) is 11.5. The molecule has 1 aliphatic carbocycles. The molecule has 1 aromatic heterocycles. The SMILES string of the molecule is O=S1(=O)CCN(CN2CC(c3ccc(OC(F)(F)F)cc3)CC(c3nc(C4CC4)no3)C2)CC1. The summed E-state index contributed by atoms with van der Waals surface area (Å²) in [7, 11) is -2.97. The molecule has 3 heterocycles. The summed E-state index contributed by atoms with van der Waals surface area (Å²) in [5.74, 6) is 1.81. The number of halogens is 3. The van der Waals surface area contributed by atoms with Gasteiger partial charge in [-0.25, -0.2) is 8.42 Å². The predicted molar refractivity (Wildman–Crippen MR) is 116 cm³/mol. The van der Waals surface area contributed by atoms with Crippen LogP contribution in [0.3, 0.4) is 0 Å². The van der Waals surface area contributed by atoms with Crippen molar-refractivity contribution < 1.29 is 30.8 Å². The van der Waals surface area contributed by atoms with Crippen LogP contribution in [0.4, 0.5) is 13.2 Å². The van der Waals surface area contributed by atoms with Crippen molar-refractivity contribution >= 4 is 9.84 Å². The van der Waals surface area contributed by atoms with E-state index in [-0.39, 0.29) is 29.1 Å². The molecule has 0 N–H and O–H groups in total. The van der Waals surface area contributed by atoms with E-state index < -0.39 is 16.2 Å². The average molecular weight is 501 g/mol. The summed E-state index contributed by atoms with van der Waals surface area (Å²) in [5.41, 5.74) is 0.910. The Kier molecular flexibility index (Phi) is 6.32. The number of hydrogen-bond donors (Lipinski definition) is 0. The molecule has 2 aliphatic heterocycles. The molecule has 1 aromatic carbocycles. The van der Waals surface area contributed by atoms with E-state index in [1.807, 2.05) is 0 Å². The second kappa shape index (κ2) is 9.12. The Hall–Kier alpha value is -2.18. The van der Waals surface area contributed by atoms with E-state index in [1.165, 1.54) is 12.1 Å². The minimum absolute atomic E-state index is 0.0154. The minimum Gasteiger partial charge on any atom is -0.406 e. The number of likely N-dealkylation sites (tertiary alicyclic amines) is 1. The lowest BCUT2D eigenvalue weighted by Gasteiger charge is -2.40. The molecule has 34 heavy (non-hydrogen) atoms. The highest BCUT2D eigenvalue weighted by Crippen LogP contribution is 2.40. The van der Waals surface area contributed by atoms with Crippen LogP contribution in [0.15, 0.2) is 28.8 Å². The molecule has 0 radical (unpaired) electrons. The van der Waals surface area contributed by atoms with Gasteiger partial charge in [0.05, 0.1) is 24.1 Å². The number of benzene rings is 1. The van der Waals surface area contributed by atoms with Crippen LogP contribution in [0.2, 0.25) is 0 Å². The lowest BCUT2D eigenvalue weighted by molar-refractivity contribution is -0.274. The summed E-state index contributed by atoms with van der Waals surface area (Å²) in [6, 6.07) is 6.01. The number of alkyl halides is 3. The molecule has 3 aliphatic rings. The summed E-state index contributed by atoms with van der Waals surface area (Å²) in [5, 5.41) is 4.15. The molecular weight excluding hydrogens is 473 g/mol. The van der Waals surface area contributed by atoms with Crippen molar-refractivity contribution in [2.24, 2.45) is 0 Å². The first kappa shape index (κ1) is 23.6. The van der Waals surface area contributed by atoms with Crippen molar-refractivity contribution in [2.45, 2.75) is 43.4 Å². The monoisotopic (exact) mass is 500 g/mol. The van der Waals surface area contributed by atoms with Crippen LogP contribution in [-0.2, 0) is 9.84 Å². The van der Waals surface area contributed by atoms with E-state index in [0.29, 0.717) is 44.7 Å². The maximum atomic E-state index is 12.5.